The van der Waals surface area contributed by atoms with Crippen LogP contribution in [0.2, 0.25) is 0 Å². The fourth-order valence-electron chi connectivity index (χ4n) is 5.05. The summed E-state index contributed by atoms with van der Waals surface area (Å²) in [7, 11) is 1.62. The van der Waals surface area contributed by atoms with Crippen molar-refractivity contribution in [3.05, 3.63) is 82.1 Å². The van der Waals surface area contributed by atoms with Gasteiger partial charge >= 0.3 is 0 Å². The topological polar surface area (TPSA) is 97.5 Å². The van der Waals surface area contributed by atoms with Gasteiger partial charge in [0.15, 0.2) is 5.78 Å². The van der Waals surface area contributed by atoms with E-state index >= 15 is 0 Å². The molecule has 0 spiro atoms. The lowest BCUT2D eigenvalue weighted by atomic mass is 9.87. The second-order valence-corrected chi connectivity index (χ2v) is 10.5. The van der Waals surface area contributed by atoms with E-state index in [1.165, 1.54) is 0 Å². The molecule has 0 saturated heterocycles. The number of fused-ring (bicyclic) bond motifs is 2. The summed E-state index contributed by atoms with van der Waals surface area (Å²) < 4.78 is 5.52. The van der Waals surface area contributed by atoms with Gasteiger partial charge in [-0.25, -0.2) is 4.98 Å². The molecule has 2 unspecified atom stereocenters. The van der Waals surface area contributed by atoms with Crippen LogP contribution in [0.15, 0.2) is 48.5 Å². The van der Waals surface area contributed by atoms with Crippen LogP contribution in [0.25, 0.3) is 17.3 Å². The molecule has 6 nitrogen and oxygen atoms in total. The van der Waals surface area contributed by atoms with Crippen molar-refractivity contribution in [1.29, 1.82) is 0 Å². The minimum atomic E-state index is -1.32. The molecule has 6 heteroatoms. The van der Waals surface area contributed by atoms with Crippen molar-refractivity contribution in [1.82, 2.24) is 4.98 Å². The van der Waals surface area contributed by atoms with Gasteiger partial charge in [-0.15, -0.1) is 0 Å². The Bertz CT molecular complexity index is 1370. The van der Waals surface area contributed by atoms with Gasteiger partial charge in [0, 0.05) is 35.2 Å². The number of pyridine rings is 1. The summed E-state index contributed by atoms with van der Waals surface area (Å²) in [6.45, 7) is 6.32. The van der Waals surface area contributed by atoms with Gasteiger partial charge in [-0.05, 0) is 57.4 Å². The number of nitrogens with zero attached hydrogens (tertiary/aromatic N) is 1. The first-order valence-corrected chi connectivity index (χ1v) is 12.4. The van der Waals surface area contributed by atoms with Gasteiger partial charge in [0.1, 0.15) is 11.4 Å². The van der Waals surface area contributed by atoms with Crippen LogP contribution in [-0.2, 0) is 17.6 Å². The number of nitrogens with two attached hydrogens (primary N) is 1. The lowest BCUT2D eigenvalue weighted by Gasteiger charge is -2.26. The number of rotatable bonds is 7. The Labute approximate surface area is 212 Å². The number of anilines is 1. The molecule has 2 atom stereocenters. The van der Waals surface area contributed by atoms with Crippen molar-refractivity contribution >= 4 is 17.5 Å². The van der Waals surface area contributed by atoms with Crippen LogP contribution in [0.4, 0.5) is 5.69 Å². The predicted molar refractivity (Wildman–Crippen MR) is 143 cm³/mol. The first-order valence-electron chi connectivity index (χ1n) is 12.4. The minimum absolute atomic E-state index is 0.0399. The number of carbonyl (C=O) groups excluding carboxylic acids is 1. The number of aromatic nitrogens is 1. The van der Waals surface area contributed by atoms with Crippen LogP contribution in [0.1, 0.15) is 65.0 Å². The summed E-state index contributed by atoms with van der Waals surface area (Å²) >= 11 is 0. The van der Waals surface area contributed by atoms with E-state index in [2.05, 4.69) is 11.4 Å². The highest BCUT2D eigenvalue weighted by Crippen LogP contribution is 2.42. The molecular weight excluding hydrogens is 450 g/mol. The molecule has 1 aromatic heterocycles. The number of Topliss-reactive ketones (excluding diaryl/α,β-unsaturated/α-hetero) is 1. The number of nitrogens with one attached hydrogen (secondary N) is 1. The summed E-state index contributed by atoms with van der Waals surface area (Å²) in [5.41, 5.74) is 12.6. The minimum Gasteiger partial charge on any atom is -0.496 e. The number of hydrogen-bond donors (Lipinski definition) is 3. The Morgan fingerprint density at radius 3 is 2.72 bits per heavy atom. The lowest BCUT2D eigenvalue weighted by molar-refractivity contribution is 0.0397. The van der Waals surface area contributed by atoms with E-state index in [4.69, 9.17) is 15.5 Å². The van der Waals surface area contributed by atoms with E-state index in [1.807, 2.05) is 56.3 Å². The molecule has 4 N–H and O–H groups in total. The number of hydrogen-bond acceptors (Lipinski definition) is 6. The lowest BCUT2D eigenvalue weighted by Crippen LogP contribution is -2.35. The SMILES string of the molecule is COc1cc(C(=O)CCC(C)(O)c2cc3c(c(-c4ccc(C)cc4)n2)NCC3(C)N)cc2c1CC=C2. The van der Waals surface area contributed by atoms with Crippen molar-refractivity contribution < 1.29 is 14.6 Å². The molecule has 1 aliphatic carbocycles. The van der Waals surface area contributed by atoms with Crippen molar-refractivity contribution in [2.75, 3.05) is 19.0 Å². The van der Waals surface area contributed by atoms with Crippen molar-refractivity contribution in [3.8, 4) is 17.0 Å². The zero-order chi connectivity index (χ0) is 25.7. The fourth-order valence-corrected chi connectivity index (χ4v) is 5.05. The largest absolute Gasteiger partial charge is 0.496 e. The molecule has 5 rings (SSSR count). The molecule has 0 amide bonds. The van der Waals surface area contributed by atoms with Crippen LogP contribution in [0.5, 0.6) is 5.75 Å². The van der Waals surface area contributed by atoms with E-state index in [0.717, 1.165) is 51.4 Å². The number of allylic oxidation sites excluding steroid dienone is 1. The van der Waals surface area contributed by atoms with E-state index in [1.54, 1.807) is 20.1 Å². The summed E-state index contributed by atoms with van der Waals surface area (Å²) in [5.74, 6) is 0.687. The number of aryl methyl sites for hydroxylation is 1. The van der Waals surface area contributed by atoms with Gasteiger partial charge in [0.25, 0.3) is 0 Å². The summed E-state index contributed by atoms with van der Waals surface area (Å²) in [5, 5.41) is 15.0. The zero-order valence-electron chi connectivity index (χ0n) is 21.3. The van der Waals surface area contributed by atoms with Gasteiger partial charge in [-0.2, -0.15) is 0 Å². The van der Waals surface area contributed by atoms with Gasteiger partial charge in [-0.1, -0.05) is 42.0 Å². The number of ether oxygens (including phenoxy) is 1. The van der Waals surface area contributed by atoms with Crippen molar-refractivity contribution in [2.45, 2.75) is 51.2 Å². The summed E-state index contributed by atoms with van der Waals surface area (Å²) in [4.78, 5) is 18.1. The number of aliphatic hydroxyl groups is 1. The molecule has 2 aromatic carbocycles. The first kappa shape index (κ1) is 24.2. The second-order valence-electron chi connectivity index (χ2n) is 10.5. The van der Waals surface area contributed by atoms with E-state index < -0.39 is 11.1 Å². The third-order valence-corrected chi connectivity index (χ3v) is 7.39. The Hall–Kier alpha value is -3.48. The highest BCUT2D eigenvalue weighted by atomic mass is 16.5. The van der Waals surface area contributed by atoms with Crippen LogP contribution in [0, 0.1) is 6.92 Å². The fraction of sp³-hybridized carbons (Fsp3) is 0.333. The van der Waals surface area contributed by atoms with Crippen LogP contribution in [0.3, 0.4) is 0 Å². The smallest absolute Gasteiger partial charge is 0.163 e. The van der Waals surface area contributed by atoms with Crippen LogP contribution >= 0.6 is 0 Å². The molecule has 3 aromatic rings. The number of benzene rings is 2. The average Bonchev–Trinajstić information content (AvgIpc) is 3.46. The van der Waals surface area contributed by atoms with Gasteiger partial charge < -0.3 is 20.9 Å². The molecular formula is C30H33N3O3. The van der Waals surface area contributed by atoms with Gasteiger partial charge in [0.2, 0.25) is 0 Å². The average molecular weight is 484 g/mol. The molecule has 0 bridgehead atoms. The summed E-state index contributed by atoms with van der Waals surface area (Å²) in [6, 6.07) is 13.8. The molecule has 0 saturated carbocycles. The maximum Gasteiger partial charge on any atom is 0.163 e. The van der Waals surface area contributed by atoms with Gasteiger partial charge in [0.05, 0.1) is 29.7 Å². The third-order valence-electron chi connectivity index (χ3n) is 7.39. The predicted octanol–water partition coefficient (Wildman–Crippen LogP) is 5.10. The first-order chi connectivity index (χ1) is 17.1. The quantitative estimate of drug-likeness (QED) is 0.404. The second kappa shape index (κ2) is 8.87. The van der Waals surface area contributed by atoms with E-state index in [0.29, 0.717) is 17.8 Å². The Morgan fingerprint density at radius 2 is 2.00 bits per heavy atom. The van der Waals surface area contributed by atoms with Crippen LogP contribution < -0.4 is 15.8 Å². The number of methoxy groups -OCH3 is 1. The molecule has 1 aliphatic heterocycles. The Morgan fingerprint density at radius 1 is 1.25 bits per heavy atom. The highest BCUT2D eigenvalue weighted by molar-refractivity contribution is 5.97. The molecule has 2 aliphatic rings. The Balaban J connectivity index is 1.45. The molecule has 186 valence electrons. The molecule has 0 radical (unpaired) electrons. The summed E-state index contributed by atoms with van der Waals surface area (Å²) in [6.07, 6.45) is 5.30. The van der Waals surface area contributed by atoms with E-state index in [-0.39, 0.29) is 18.6 Å². The maximum atomic E-state index is 13.2. The van der Waals surface area contributed by atoms with Crippen LogP contribution in [-0.4, -0.2) is 29.5 Å². The zero-order valence-corrected chi connectivity index (χ0v) is 21.3. The Kier molecular flexibility index (Phi) is 5.97. The maximum absolute atomic E-state index is 13.2. The standard InChI is InChI=1S/C30H33N3O3/c1-18-8-10-19(11-9-18)27-28-23(29(2,31)17-32-28)16-26(33-27)30(3,35)13-12-24(34)21-14-20-6-5-7-22(20)25(15-21)36-4/h5-6,8-11,14-16,32,35H,7,12-13,17,31H2,1-4H3. The van der Waals surface area contributed by atoms with Crippen molar-refractivity contribution in [3.63, 3.8) is 0 Å². The van der Waals surface area contributed by atoms with Crippen molar-refractivity contribution in [2.24, 2.45) is 5.73 Å². The van der Waals surface area contributed by atoms with Gasteiger partial charge in [-0.3, -0.25) is 4.79 Å². The highest BCUT2D eigenvalue weighted by Gasteiger charge is 2.36. The molecule has 2 heterocycles. The number of carbonyl (C=O) groups is 1. The number of ketones is 1. The monoisotopic (exact) mass is 483 g/mol. The normalized spacial score (nSPS) is 19.4. The van der Waals surface area contributed by atoms with E-state index in [9.17, 15) is 9.90 Å². The molecule has 0 fully saturated rings. The third kappa shape index (κ3) is 4.31. The molecule has 36 heavy (non-hydrogen) atoms.